The van der Waals surface area contributed by atoms with Crippen molar-refractivity contribution >= 4 is 5.97 Å². The standard InChI is InChI=1S/C28H27N7O3/c1-3-4-9-25-29-24(26-23(28(36)37)15-10-18(2)35(26)38)17-34(25)16-19-11-13-20(14-12-19)21-7-5-6-8-22(21)27-30-32-33-31-27/h5-8,10-15,17H,3-4,9,16H2,1-2H3,(H,36,37)(H,30,31,32,33). The number of unbranched alkanes of at least 4 members (excludes halogenated alkanes) is 1. The lowest BCUT2D eigenvalue weighted by molar-refractivity contribution is -0.601. The van der Waals surface area contributed by atoms with E-state index in [9.17, 15) is 15.1 Å². The molecule has 0 unspecified atom stereocenters. The van der Waals surface area contributed by atoms with E-state index in [-0.39, 0.29) is 11.3 Å². The first-order chi connectivity index (χ1) is 18.5. The average Bonchev–Trinajstić information content (AvgIpc) is 3.60. The van der Waals surface area contributed by atoms with Crippen molar-refractivity contribution in [2.24, 2.45) is 0 Å². The Morgan fingerprint density at radius 3 is 2.53 bits per heavy atom. The zero-order chi connectivity index (χ0) is 26.6. The summed E-state index contributed by atoms with van der Waals surface area (Å²) >= 11 is 0. The van der Waals surface area contributed by atoms with Crippen molar-refractivity contribution in [1.82, 2.24) is 30.2 Å². The van der Waals surface area contributed by atoms with Gasteiger partial charge in [-0.3, -0.25) is 0 Å². The van der Waals surface area contributed by atoms with Crippen LogP contribution in [0, 0.1) is 12.1 Å². The lowest BCUT2D eigenvalue weighted by Gasteiger charge is -2.10. The third kappa shape index (κ3) is 4.88. The van der Waals surface area contributed by atoms with Crippen LogP contribution in [-0.2, 0) is 13.0 Å². The predicted molar refractivity (Wildman–Crippen MR) is 141 cm³/mol. The Labute approximate surface area is 219 Å². The van der Waals surface area contributed by atoms with E-state index >= 15 is 0 Å². The van der Waals surface area contributed by atoms with E-state index < -0.39 is 5.97 Å². The van der Waals surface area contributed by atoms with Gasteiger partial charge in [-0.2, -0.15) is 9.94 Å². The number of aromatic nitrogens is 7. The van der Waals surface area contributed by atoms with Gasteiger partial charge in [0.25, 0.3) is 5.69 Å². The SMILES string of the molecule is CCCCc1nc(-c2c(C(=O)O)ccc(C)[n+]2[O-])cn1Cc1ccc(-c2ccccc2-c2nn[nH]n2)cc1. The molecular weight excluding hydrogens is 482 g/mol. The second kappa shape index (κ2) is 10.6. The number of benzene rings is 2. The van der Waals surface area contributed by atoms with Crippen LogP contribution in [0.5, 0.6) is 0 Å². The Balaban J connectivity index is 1.48. The number of imidazole rings is 1. The monoisotopic (exact) mass is 509 g/mol. The van der Waals surface area contributed by atoms with E-state index in [1.165, 1.54) is 12.1 Å². The van der Waals surface area contributed by atoms with Crippen molar-refractivity contribution in [1.29, 1.82) is 0 Å². The van der Waals surface area contributed by atoms with Crippen LogP contribution in [0.3, 0.4) is 0 Å². The number of tetrazole rings is 1. The van der Waals surface area contributed by atoms with Gasteiger partial charge in [-0.05, 0) is 34.4 Å². The maximum atomic E-state index is 12.9. The van der Waals surface area contributed by atoms with E-state index in [0.717, 1.165) is 47.3 Å². The van der Waals surface area contributed by atoms with Crippen LogP contribution < -0.4 is 4.73 Å². The minimum atomic E-state index is -1.16. The fourth-order valence-corrected chi connectivity index (χ4v) is 4.48. The summed E-state index contributed by atoms with van der Waals surface area (Å²) in [6, 6.07) is 19.0. The van der Waals surface area contributed by atoms with Crippen molar-refractivity contribution in [2.75, 3.05) is 0 Å². The molecule has 38 heavy (non-hydrogen) atoms. The molecule has 0 spiro atoms. The van der Waals surface area contributed by atoms with Crippen molar-refractivity contribution in [2.45, 2.75) is 39.7 Å². The summed E-state index contributed by atoms with van der Waals surface area (Å²) in [4.78, 5) is 16.6. The van der Waals surface area contributed by atoms with E-state index in [0.29, 0.717) is 28.5 Å². The van der Waals surface area contributed by atoms with E-state index in [1.54, 1.807) is 13.1 Å². The van der Waals surface area contributed by atoms with Crippen molar-refractivity contribution in [3.63, 3.8) is 0 Å². The zero-order valence-electron chi connectivity index (χ0n) is 21.1. The average molecular weight is 510 g/mol. The molecule has 0 saturated heterocycles. The lowest BCUT2D eigenvalue weighted by Crippen LogP contribution is -2.35. The largest absolute Gasteiger partial charge is 0.618 e. The lowest BCUT2D eigenvalue weighted by atomic mass is 9.98. The quantitative estimate of drug-likeness (QED) is 0.222. The van der Waals surface area contributed by atoms with Crippen LogP contribution >= 0.6 is 0 Å². The van der Waals surface area contributed by atoms with E-state index in [4.69, 9.17) is 4.98 Å². The molecule has 5 aromatic rings. The summed E-state index contributed by atoms with van der Waals surface area (Å²) in [5, 5.41) is 37.0. The molecule has 0 atom stereocenters. The summed E-state index contributed by atoms with van der Waals surface area (Å²) in [6.07, 6.45) is 4.42. The molecule has 2 aromatic carbocycles. The van der Waals surface area contributed by atoms with Gasteiger partial charge in [0, 0.05) is 37.7 Å². The number of carbonyl (C=O) groups is 1. The van der Waals surface area contributed by atoms with Gasteiger partial charge >= 0.3 is 5.97 Å². The fraction of sp³-hybridized carbons (Fsp3) is 0.214. The first-order valence-electron chi connectivity index (χ1n) is 12.4. The Bertz CT molecular complexity index is 1580. The third-order valence-corrected chi connectivity index (χ3v) is 6.49. The summed E-state index contributed by atoms with van der Waals surface area (Å²) in [5.74, 6) is 0.181. The molecule has 0 fully saturated rings. The van der Waals surface area contributed by atoms with E-state index in [2.05, 4.69) is 39.7 Å². The number of aromatic carboxylic acids is 1. The second-order valence-electron chi connectivity index (χ2n) is 9.09. The maximum absolute atomic E-state index is 12.9. The van der Waals surface area contributed by atoms with Crippen LogP contribution in [0.25, 0.3) is 33.9 Å². The first kappa shape index (κ1) is 24.8. The molecule has 192 valence electrons. The molecule has 0 aliphatic carbocycles. The molecule has 10 nitrogen and oxygen atoms in total. The number of hydrogen-bond acceptors (Lipinski definition) is 6. The van der Waals surface area contributed by atoms with Crippen molar-refractivity contribution in [3.05, 3.63) is 94.7 Å². The normalized spacial score (nSPS) is 11.1. The van der Waals surface area contributed by atoms with Crippen LogP contribution in [0.1, 0.15) is 47.2 Å². The first-order valence-corrected chi connectivity index (χ1v) is 12.4. The summed E-state index contributed by atoms with van der Waals surface area (Å²) in [6.45, 7) is 4.29. The van der Waals surface area contributed by atoms with Gasteiger partial charge in [0.2, 0.25) is 5.82 Å². The smallest absolute Gasteiger partial charge is 0.342 e. The van der Waals surface area contributed by atoms with Gasteiger partial charge in [0.15, 0.2) is 11.4 Å². The summed E-state index contributed by atoms with van der Waals surface area (Å²) < 4.78 is 2.65. The number of rotatable bonds is 9. The molecule has 3 heterocycles. The molecule has 0 saturated carbocycles. The molecular formula is C28H27N7O3. The summed E-state index contributed by atoms with van der Waals surface area (Å²) in [7, 11) is 0. The Kier molecular flexibility index (Phi) is 6.94. The van der Waals surface area contributed by atoms with Crippen molar-refractivity contribution in [3.8, 4) is 33.9 Å². The fourth-order valence-electron chi connectivity index (χ4n) is 4.48. The number of aromatic amines is 1. The van der Waals surface area contributed by atoms with Crippen LogP contribution in [0.2, 0.25) is 0 Å². The number of carboxylic acids is 1. The molecule has 0 radical (unpaired) electrons. The van der Waals surface area contributed by atoms with Crippen LogP contribution in [0.4, 0.5) is 0 Å². The van der Waals surface area contributed by atoms with Gasteiger partial charge in [-0.15, -0.1) is 10.2 Å². The number of hydrogen-bond donors (Lipinski definition) is 2. The highest BCUT2D eigenvalue weighted by molar-refractivity contribution is 5.93. The molecule has 10 heteroatoms. The minimum absolute atomic E-state index is 0.0578. The molecule has 3 aromatic heterocycles. The minimum Gasteiger partial charge on any atom is -0.618 e. The number of pyridine rings is 1. The number of carboxylic acid groups (broad SMARTS) is 1. The predicted octanol–water partition coefficient (Wildman–Crippen LogP) is 4.43. The number of nitrogens with zero attached hydrogens (tertiary/aromatic N) is 6. The van der Waals surface area contributed by atoms with Crippen LogP contribution in [0.15, 0.2) is 66.9 Å². The van der Waals surface area contributed by atoms with Gasteiger partial charge in [0.05, 0.1) is 0 Å². The molecule has 5 rings (SSSR count). The molecule has 0 bridgehead atoms. The molecule has 2 N–H and O–H groups in total. The Morgan fingerprint density at radius 2 is 1.84 bits per heavy atom. The topological polar surface area (TPSA) is 137 Å². The van der Waals surface area contributed by atoms with Gasteiger partial charge in [-0.1, -0.05) is 61.9 Å². The summed E-state index contributed by atoms with van der Waals surface area (Å²) in [5.41, 5.74) is 4.70. The van der Waals surface area contributed by atoms with Crippen molar-refractivity contribution < 1.29 is 14.6 Å². The number of aryl methyl sites for hydroxylation is 2. The van der Waals surface area contributed by atoms with Gasteiger partial charge in [-0.25, -0.2) is 9.78 Å². The third-order valence-electron chi connectivity index (χ3n) is 6.49. The molecule has 0 aliphatic heterocycles. The van der Waals surface area contributed by atoms with Gasteiger partial charge in [0.1, 0.15) is 11.4 Å². The number of nitrogens with one attached hydrogen (secondary N) is 1. The highest BCUT2D eigenvalue weighted by atomic mass is 16.5. The Morgan fingerprint density at radius 1 is 1.08 bits per heavy atom. The highest BCUT2D eigenvalue weighted by Crippen LogP contribution is 2.30. The second-order valence-corrected chi connectivity index (χ2v) is 9.09. The van der Waals surface area contributed by atoms with E-state index in [1.807, 2.05) is 41.0 Å². The van der Waals surface area contributed by atoms with Gasteiger partial charge < -0.3 is 14.9 Å². The van der Waals surface area contributed by atoms with Crippen LogP contribution in [-0.4, -0.2) is 41.3 Å². The Hall–Kier alpha value is -4.86. The maximum Gasteiger partial charge on any atom is 0.342 e. The highest BCUT2D eigenvalue weighted by Gasteiger charge is 2.25. The molecule has 0 amide bonds. The molecule has 0 aliphatic rings. The zero-order valence-corrected chi connectivity index (χ0v) is 21.1. The number of H-pyrrole nitrogens is 1.